The number of fused-ring (bicyclic) bond motifs is 1. The Morgan fingerprint density at radius 3 is 3.25 bits per heavy atom. The van der Waals surface area contributed by atoms with E-state index in [4.69, 9.17) is 0 Å². The molecule has 6 heteroatoms. The molecule has 0 aliphatic carbocycles. The van der Waals surface area contributed by atoms with E-state index in [1.54, 1.807) is 16.7 Å². The van der Waals surface area contributed by atoms with Gasteiger partial charge < -0.3 is 5.32 Å². The van der Waals surface area contributed by atoms with Crippen molar-refractivity contribution in [2.45, 2.75) is 32.4 Å². The summed E-state index contributed by atoms with van der Waals surface area (Å²) in [4.78, 5) is 19.9. The predicted octanol–water partition coefficient (Wildman–Crippen LogP) is 1.33. The summed E-state index contributed by atoms with van der Waals surface area (Å²) in [5, 5.41) is 5.31. The summed E-state index contributed by atoms with van der Waals surface area (Å²) in [6.07, 6.45) is 4.08. The minimum Gasteiger partial charge on any atom is -0.315 e. The van der Waals surface area contributed by atoms with Crippen LogP contribution in [0.2, 0.25) is 0 Å². The molecule has 2 aromatic rings. The average molecular weight is 292 g/mol. The van der Waals surface area contributed by atoms with E-state index in [1.165, 1.54) is 17.8 Å². The highest BCUT2D eigenvalue weighted by molar-refractivity contribution is 7.15. The molecule has 1 saturated heterocycles. The largest absolute Gasteiger partial charge is 0.315 e. The van der Waals surface area contributed by atoms with E-state index in [0.29, 0.717) is 6.04 Å². The second-order valence-corrected chi connectivity index (χ2v) is 6.13. The predicted molar refractivity (Wildman–Crippen MR) is 81.3 cm³/mol. The molecule has 0 amide bonds. The molecule has 20 heavy (non-hydrogen) atoms. The van der Waals surface area contributed by atoms with Crippen LogP contribution >= 0.6 is 11.3 Å². The third-order valence-corrected chi connectivity index (χ3v) is 4.54. The van der Waals surface area contributed by atoms with Crippen molar-refractivity contribution in [2.24, 2.45) is 0 Å². The molecule has 1 aliphatic rings. The van der Waals surface area contributed by atoms with Crippen LogP contribution in [0.5, 0.6) is 0 Å². The van der Waals surface area contributed by atoms with E-state index >= 15 is 0 Å². The van der Waals surface area contributed by atoms with Crippen molar-refractivity contribution in [1.29, 1.82) is 0 Å². The molecule has 1 fully saturated rings. The van der Waals surface area contributed by atoms with Crippen molar-refractivity contribution in [1.82, 2.24) is 19.6 Å². The van der Waals surface area contributed by atoms with Gasteiger partial charge >= 0.3 is 0 Å². The van der Waals surface area contributed by atoms with Gasteiger partial charge in [-0.05, 0) is 25.9 Å². The lowest BCUT2D eigenvalue weighted by atomic mass is 10.2. The van der Waals surface area contributed by atoms with E-state index in [0.717, 1.165) is 43.3 Å². The number of hydrogen-bond donors (Lipinski definition) is 1. The molecule has 108 valence electrons. The molecular formula is C14H20N4OS. The van der Waals surface area contributed by atoms with Gasteiger partial charge in [0.25, 0.3) is 5.56 Å². The number of nitrogens with zero attached hydrogens (tertiary/aromatic N) is 3. The molecule has 3 rings (SSSR count). The highest BCUT2D eigenvalue weighted by Gasteiger charge is 2.22. The van der Waals surface area contributed by atoms with Crippen LogP contribution in [0, 0.1) is 0 Å². The Hall–Kier alpha value is -1.24. The van der Waals surface area contributed by atoms with Crippen LogP contribution in [-0.2, 0) is 6.54 Å². The summed E-state index contributed by atoms with van der Waals surface area (Å²) in [5.74, 6) is 0. The van der Waals surface area contributed by atoms with Crippen LogP contribution in [0.15, 0.2) is 22.4 Å². The first-order chi connectivity index (χ1) is 9.78. The zero-order valence-electron chi connectivity index (χ0n) is 11.7. The van der Waals surface area contributed by atoms with Gasteiger partial charge in [0.1, 0.15) is 0 Å². The molecule has 5 nitrogen and oxygen atoms in total. The number of thiazole rings is 1. The van der Waals surface area contributed by atoms with E-state index in [2.05, 4.69) is 22.1 Å². The summed E-state index contributed by atoms with van der Waals surface area (Å²) in [6, 6.07) is 2.24. The van der Waals surface area contributed by atoms with E-state index < -0.39 is 0 Å². The molecular weight excluding hydrogens is 272 g/mol. The van der Waals surface area contributed by atoms with Gasteiger partial charge in [0.15, 0.2) is 4.96 Å². The maximum absolute atomic E-state index is 12.0. The summed E-state index contributed by atoms with van der Waals surface area (Å²) in [6.45, 7) is 6.15. The summed E-state index contributed by atoms with van der Waals surface area (Å²) < 4.78 is 1.61. The van der Waals surface area contributed by atoms with Crippen molar-refractivity contribution in [2.75, 3.05) is 19.6 Å². The maximum atomic E-state index is 12.0. The molecule has 0 aromatic carbocycles. The Balaban J connectivity index is 1.83. The zero-order chi connectivity index (χ0) is 13.9. The molecule has 0 saturated carbocycles. The molecule has 1 unspecified atom stereocenters. The van der Waals surface area contributed by atoms with Crippen molar-refractivity contribution in [3.05, 3.63) is 33.7 Å². The third-order valence-electron chi connectivity index (χ3n) is 3.78. The average Bonchev–Trinajstić information content (AvgIpc) is 3.09. The molecule has 1 atom stereocenters. The lowest BCUT2D eigenvalue weighted by molar-refractivity contribution is 0.197. The van der Waals surface area contributed by atoms with E-state index in [9.17, 15) is 4.79 Å². The summed E-state index contributed by atoms with van der Waals surface area (Å²) in [7, 11) is 0. The van der Waals surface area contributed by atoms with Gasteiger partial charge in [-0.25, -0.2) is 4.98 Å². The van der Waals surface area contributed by atoms with Crippen LogP contribution < -0.4 is 10.9 Å². The van der Waals surface area contributed by atoms with Crippen molar-refractivity contribution < 1.29 is 0 Å². The minimum absolute atomic E-state index is 0.0206. The molecule has 3 heterocycles. The number of rotatable bonds is 5. The Labute approximate surface area is 122 Å². The first-order valence-corrected chi connectivity index (χ1v) is 8.06. The van der Waals surface area contributed by atoms with Gasteiger partial charge in [-0.15, -0.1) is 11.3 Å². The van der Waals surface area contributed by atoms with Gasteiger partial charge in [-0.1, -0.05) is 6.92 Å². The molecule has 0 bridgehead atoms. The van der Waals surface area contributed by atoms with Gasteiger partial charge in [-0.3, -0.25) is 14.1 Å². The lowest BCUT2D eigenvalue weighted by Crippen LogP contribution is -2.37. The quantitative estimate of drug-likeness (QED) is 0.903. The molecule has 0 spiro atoms. The molecule has 2 aromatic heterocycles. The van der Waals surface area contributed by atoms with Crippen LogP contribution in [0.4, 0.5) is 0 Å². The number of hydrogen-bond acceptors (Lipinski definition) is 5. The monoisotopic (exact) mass is 292 g/mol. The van der Waals surface area contributed by atoms with Gasteiger partial charge in [-0.2, -0.15) is 0 Å². The standard InChI is InChI=1S/C14H20N4OS/c1-2-5-17(12-3-4-15-9-12)10-11-8-13(19)18-6-7-20-14(18)16-11/h6-8,12,15H,2-5,9-10H2,1H3. The van der Waals surface area contributed by atoms with Crippen molar-refractivity contribution in [3.8, 4) is 0 Å². The summed E-state index contributed by atoms with van der Waals surface area (Å²) in [5.41, 5.74) is 0.907. The molecule has 1 aliphatic heterocycles. The first-order valence-electron chi connectivity index (χ1n) is 7.18. The smallest absolute Gasteiger partial charge is 0.258 e. The zero-order valence-corrected chi connectivity index (χ0v) is 12.5. The third kappa shape index (κ3) is 2.77. The van der Waals surface area contributed by atoms with E-state index in [1.807, 2.05) is 5.38 Å². The Bertz CT molecular complexity index is 629. The SMILES string of the molecule is CCCN(Cc1cc(=O)n2ccsc2n1)C1CCNC1. The minimum atomic E-state index is 0.0206. The normalized spacial score (nSPS) is 19.2. The fourth-order valence-electron chi connectivity index (χ4n) is 2.81. The van der Waals surface area contributed by atoms with E-state index in [-0.39, 0.29) is 5.56 Å². The number of aromatic nitrogens is 2. The number of nitrogens with one attached hydrogen (secondary N) is 1. The van der Waals surface area contributed by atoms with Crippen molar-refractivity contribution in [3.63, 3.8) is 0 Å². The van der Waals surface area contributed by atoms with Crippen LogP contribution in [-0.4, -0.2) is 40.0 Å². The first kappa shape index (κ1) is 13.7. The second-order valence-electron chi connectivity index (χ2n) is 5.26. The topological polar surface area (TPSA) is 49.6 Å². The molecule has 0 radical (unpaired) electrons. The van der Waals surface area contributed by atoms with Crippen LogP contribution in [0.1, 0.15) is 25.5 Å². The fraction of sp³-hybridized carbons (Fsp3) is 0.571. The highest BCUT2D eigenvalue weighted by Crippen LogP contribution is 2.14. The Morgan fingerprint density at radius 1 is 1.60 bits per heavy atom. The Kier molecular flexibility index (Phi) is 4.14. The lowest BCUT2D eigenvalue weighted by Gasteiger charge is -2.27. The fourth-order valence-corrected chi connectivity index (χ4v) is 3.54. The van der Waals surface area contributed by atoms with Gasteiger partial charge in [0.2, 0.25) is 0 Å². The molecule has 1 N–H and O–H groups in total. The second kappa shape index (κ2) is 6.03. The Morgan fingerprint density at radius 2 is 2.50 bits per heavy atom. The van der Waals surface area contributed by atoms with Crippen LogP contribution in [0.25, 0.3) is 4.96 Å². The van der Waals surface area contributed by atoms with Gasteiger partial charge in [0.05, 0.1) is 5.69 Å². The van der Waals surface area contributed by atoms with Gasteiger partial charge in [0, 0.05) is 36.8 Å². The highest BCUT2D eigenvalue weighted by atomic mass is 32.1. The maximum Gasteiger partial charge on any atom is 0.258 e. The van der Waals surface area contributed by atoms with Crippen LogP contribution in [0.3, 0.4) is 0 Å². The van der Waals surface area contributed by atoms with Crippen molar-refractivity contribution >= 4 is 16.3 Å². The summed E-state index contributed by atoms with van der Waals surface area (Å²) >= 11 is 1.51.